The molecule has 2 N–H and O–H groups in total. The molecular formula is C31H34ClN5O2. The zero-order chi connectivity index (χ0) is 27.4. The van der Waals surface area contributed by atoms with E-state index in [1.165, 1.54) is 0 Å². The fourth-order valence-electron chi connectivity index (χ4n) is 5.05. The van der Waals surface area contributed by atoms with E-state index in [1.54, 1.807) is 12.1 Å². The third-order valence-corrected chi connectivity index (χ3v) is 7.43. The molecule has 0 saturated carbocycles. The highest BCUT2D eigenvalue weighted by Gasteiger charge is 2.29. The first-order valence-corrected chi connectivity index (χ1v) is 13.8. The van der Waals surface area contributed by atoms with Crippen LogP contribution in [0.4, 0.5) is 17.1 Å². The van der Waals surface area contributed by atoms with Crippen molar-refractivity contribution < 1.29 is 9.59 Å². The standard InChI is InChI=1S/C31H34ClN5O2/c1-3-15-37(28(38)21-36-18-16-35(2)17-19-36)25-12-10-24(11-13-25)33-30(22-7-5-4-6-8-22)29-26-14-9-23(32)20-27(26)34-31(29)39/h4-14,20,33H,3,15-19,21H2,1-2H3,(H,34,39). The van der Waals surface area contributed by atoms with Crippen LogP contribution in [0.25, 0.3) is 11.3 Å². The Hall–Kier alpha value is -3.65. The fourth-order valence-corrected chi connectivity index (χ4v) is 5.22. The van der Waals surface area contributed by atoms with Gasteiger partial charge in [0.05, 0.1) is 23.5 Å². The second-order valence-electron chi connectivity index (χ2n) is 10.1. The molecule has 0 spiro atoms. The van der Waals surface area contributed by atoms with E-state index < -0.39 is 0 Å². The van der Waals surface area contributed by atoms with Crippen LogP contribution in [0.3, 0.4) is 0 Å². The van der Waals surface area contributed by atoms with Gasteiger partial charge in [-0.05, 0) is 55.4 Å². The number of likely N-dealkylation sites (N-methyl/N-ethyl adjacent to an activating group) is 1. The number of fused-ring (bicyclic) bond motifs is 1. The van der Waals surface area contributed by atoms with Gasteiger partial charge in [-0.3, -0.25) is 14.5 Å². The van der Waals surface area contributed by atoms with E-state index in [9.17, 15) is 9.59 Å². The summed E-state index contributed by atoms with van der Waals surface area (Å²) in [4.78, 5) is 32.8. The van der Waals surface area contributed by atoms with Crippen LogP contribution in [0.2, 0.25) is 5.02 Å². The second kappa shape index (κ2) is 12.0. The molecule has 0 aromatic heterocycles. The molecular weight excluding hydrogens is 510 g/mol. The minimum Gasteiger partial charge on any atom is -0.354 e. The number of piperazine rings is 1. The summed E-state index contributed by atoms with van der Waals surface area (Å²) in [5.74, 6) is -0.0639. The Morgan fingerprint density at radius 1 is 1.00 bits per heavy atom. The van der Waals surface area contributed by atoms with Crippen molar-refractivity contribution in [2.75, 3.05) is 61.8 Å². The summed E-state index contributed by atoms with van der Waals surface area (Å²) in [6, 6.07) is 23.1. The van der Waals surface area contributed by atoms with E-state index in [0.29, 0.717) is 35.1 Å². The molecule has 0 unspecified atom stereocenters. The van der Waals surface area contributed by atoms with Crippen molar-refractivity contribution in [2.24, 2.45) is 0 Å². The first-order valence-electron chi connectivity index (χ1n) is 13.4. The monoisotopic (exact) mass is 543 g/mol. The highest BCUT2D eigenvalue weighted by molar-refractivity contribution is 6.38. The Bertz CT molecular complexity index is 1370. The normalized spacial score (nSPS) is 16.9. The van der Waals surface area contributed by atoms with Crippen LogP contribution in [0, 0.1) is 0 Å². The molecule has 0 bridgehead atoms. The number of nitrogens with one attached hydrogen (secondary N) is 2. The zero-order valence-corrected chi connectivity index (χ0v) is 23.2. The van der Waals surface area contributed by atoms with Crippen molar-refractivity contribution >= 4 is 51.7 Å². The molecule has 39 heavy (non-hydrogen) atoms. The van der Waals surface area contributed by atoms with Crippen LogP contribution in [0.15, 0.2) is 72.8 Å². The predicted molar refractivity (Wildman–Crippen MR) is 160 cm³/mol. The topological polar surface area (TPSA) is 67.9 Å². The van der Waals surface area contributed by atoms with Gasteiger partial charge in [0.1, 0.15) is 0 Å². The minimum absolute atomic E-state index is 0.118. The number of halogens is 1. The summed E-state index contributed by atoms with van der Waals surface area (Å²) in [6.07, 6.45) is 0.872. The molecule has 0 radical (unpaired) electrons. The number of benzene rings is 3. The first kappa shape index (κ1) is 26.9. The third kappa shape index (κ3) is 6.17. The van der Waals surface area contributed by atoms with Gasteiger partial charge in [0, 0.05) is 54.7 Å². The fraction of sp³-hybridized carbons (Fsp3) is 0.290. The summed E-state index contributed by atoms with van der Waals surface area (Å²) < 4.78 is 0. The molecule has 7 nitrogen and oxygen atoms in total. The van der Waals surface area contributed by atoms with Crippen molar-refractivity contribution in [1.29, 1.82) is 0 Å². The van der Waals surface area contributed by atoms with Gasteiger partial charge in [-0.25, -0.2) is 0 Å². The molecule has 8 heteroatoms. The van der Waals surface area contributed by atoms with Gasteiger partial charge in [-0.1, -0.05) is 54.9 Å². The van der Waals surface area contributed by atoms with Crippen LogP contribution in [0.1, 0.15) is 24.5 Å². The summed E-state index contributed by atoms with van der Waals surface area (Å²) in [6.45, 7) is 6.96. The first-order chi connectivity index (χ1) is 18.9. The van der Waals surface area contributed by atoms with E-state index in [-0.39, 0.29) is 11.8 Å². The Labute approximate surface area is 235 Å². The highest BCUT2D eigenvalue weighted by Crippen LogP contribution is 2.38. The predicted octanol–water partition coefficient (Wildman–Crippen LogP) is 5.26. The van der Waals surface area contributed by atoms with Gasteiger partial charge in [0.2, 0.25) is 5.91 Å². The van der Waals surface area contributed by atoms with Gasteiger partial charge in [0.15, 0.2) is 0 Å². The largest absolute Gasteiger partial charge is 0.354 e. The van der Waals surface area contributed by atoms with Crippen LogP contribution in [-0.2, 0) is 9.59 Å². The van der Waals surface area contributed by atoms with Crippen molar-refractivity contribution in [3.8, 4) is 0 Å². The Balaban J connectivity index is 1.41. The number of carbonyl (C=O) groups excluding carboxylic acids is 2. The average Bonchev–Trinajstić information content (AvgIpc) is 3.27. The third-order valence-electron chi connectivity index (χ3n) is 7.19. The van der Waals surface area contributed by atoms with Crippen LogP contribution < -0.4 is 15.5 Å². The summed E-state index contributed by atoms with van der Waals surface area (Å²) in [5.41, 5.74) is 5.35. The van der Waals surface area contributed by atoms with E-state index >= 15 is 0 Å². The Morgan fingerprint density at radius 3 is 2.41 bits per heavy atom. The Kier molecular flexibility index (Phi) is 8.31. The van der Waals surface area contributed by atoms with Gasteiger partial charge in [-0.15, -0.1) is 0 Å². The summed E-state index contributed by atoms with van der Waals surface area (Å²) in [7, 11) is 2.12. The van der Waals surface area contributed by atoms with Crippen LogP contribution in [0.5, 0.6) is 0 Å². The smallest absolute Gasteiger partial charge is 0.258 e. The van der Waals surface area contributed by atoms with E-state index in [1.807, 2.05) is 65.6 Å². The van der Waals surface area contributed by atoms with Crippen LogP contribution in [-0.4, -0.2) is 67.9 Å². The zero-order valence-electron chi connectivity index (χ0n) is 22.4. The van der Waals surface area contributed by atoms with Gasteiger partial charge < -0.3 is 20.4 Å². The molecule has 1 saturated heterocycles. The molecule has 0 atom stereocenters. The lowest BCUT2D eigenvalue weighted by Crippen LogP contribution is -2.49. The van der Waals surface area contributed by atoms with Crippen LogP contribution >= 0.6 is 11.6 Å². The lowest BCUT2D eigenvalue weighted by molar-refractivity contribution is -0.120. The van der Waals surface area contributed by atoms with Gasteiger partial charge in [-0.2, -0.15) is 0 Å². The van der Waals surface area contributed by atoms with E-state index in [4.69, 9.17) is 11.6 Å². The average molecular weight is 544 g/mol. The molecule has 5 rings (SSSR count). The van der Waals surface area contributed by atoms with Gasteiger partial charge in [0.25, 0.3) is 5.91 Å². The molecule has 202 valence electrons. The SMILES string of the molecule is CCCN(C(=O)CN1CCN(C)CC1)c1ccc(NC(=C2C(=O)Nc3cc(Cl)ccc32)c2ccccc2)cc1. The molecule has 2 amide bonds. The van der Waals surface area contributed by atoms with E-state index in [2.05, 4.69) is 34.4 Å². The maximum atomic E-state index is 13.3. The minimum atomic E-state index is -0.182. The molecule has 1 fully saturated rings. The van der Waals surface area contributed by atoms with Crippen molar-refractivity contribution in [2.45, 2.75) is 13.3 Å². The van der Waals surface area contributed by atoms with Crippen molar-refractivity contribution in [3.05, 3.63) is 88.9 Å². The number of hydrogen-bond acceptors (Lipinski definition) is 5. The maximum Gasteiger partial charge on any atom is 0.258 e. The molecule has 2 aliphatic rings. The maximum absolute atomic E-state index is 13.3. The van der Waals surface area contributed by atoms with Crippen molar-refractivity contribution in [1.82, 2.24) is 9.80 Å². The number of rotatable bonds is 8. The molecule has 3 aromatic rings. The number of carbonyl (C=O) groups is 2. The quantitative estimate of drug-likeness (QED) is 0.379. The number of amides is 2. The lowest BCUT2D eigenvalue weighted by atomic mass is 10.00. The van der Waals surface area contributed by atoms with E-state index in [0.717, 1.165) is 55.1 Å². The molecule has 0 aliphatic carbocycles. The molecule has 2 heterocycles. The highest BCUT2D eigenvalue weighted by atomic mass is 35.5. The second-order valence-corrected chi connectivity index (χ2v) is 10.5. The summed E-state index contributed by atoms with van der Waals surface area (Å²) >= 11 is 6.17. The number of anilines is 3. The van der Waals surface area contributed by atoms with Crippen molar-refractivity contribution in [3.63, 3.8) is 0 Å². The summed E-state index contributed by atoms with van der Waals surface area (Å²) in [5, 5.41) is 7.00. The Morgan fingerprint density at radius 2 is 1.72 bits per heavy atom. The number of nitrogens with zero attached hydrogens (tertiary/aromatic N) is 3. The lowest BCUT2D eigenvalue weighted by Gasteiger charge is -2.33. The molecule has 2 aliphatic heterocycles. The van der Waals surface area contributed by atoms with Gasteiger partial charge >= 0.3 is 0 Å². The molecule has 3 aromatic carbocycles. The number of hydrogen-bond donors (Lipinski definition) is 2.